The van der Waals surface area contributed by atoms with Gasteiger partial charge in [-0.3, -0.25) is 0 Å². The Kier molecular flexibility index (Phi) is 8.84. The molecule has 1 aromatic carbocycles. The van der Waals surface area contributed by atoms with Gasteiger partial charge in [0, 0.05) is 49.1 Å². The highest BCUT2D eigenvalue weighted by atomic mass is 35.5. The topological polar surface area (TPSA) is 126 Å². The van der Waals surface area contributed by atoms with Gasteiger partial charge in [0.1, 0.15) is 30.0 Å². The standard InChI is InChI=1S/C29H33ClN8O3.ClH/c1-16-26(25-17(2)36-41-18(25)3)34-27(22-10-21(6-7-23(22)30)40-15-20(39)12-31-4)35-28(16)38-13-19-11-32-29(33-24(19)14-38)37-8-5-9-37;/h6-7,10-11,20,31,39H,5,8-9,12-15H2,1-4H3;1H/t20-;/m1./s1. The summed E-state index contributed by atoms with van der Waals surface area (Å²) in [6.45, 7) is 9.60. The Bertz CT molecular complexity index is 1570. The van der Waals surface area contributed by atoms with Gasteiger partial charge in [-0.05, 0) is 52.4 Å². The Morgan fingerprint density at radius 1 is 1.12 bits per heavy atom. The molecule has 1 saturated heterocycles. The second-order valence-electron chi connectivity index (χ2n) is 10.5. The van der Waals surface area contributed by atoms with E-state index >= 15 is 0 Å². The van der Waals surface area contributed by atoms with Crippen molar-refractivity contribution < 1.29 is 14.4 Å². The van der Waals surface area contributed by atoms with E-state index in [0.29, 0.717) is 47.6 Å². The van der Waals surface area contributed by atoms with Crippen LogP contribution in [0.5, 0.6) is 5.75 Å². The second kappa shape index (κ2) is 12.4. The fraction of sp³-hybridized carbons (Fsp3) is 0.414. The number of aliphatic hydroxyl groups excluding tert-OH is 1. The van der Waals surface area contributed by atoms with Crippen molar-refractivity contribution in [2.24, 2.45) is 0 Å². The maximum absolute atomic E-state index is 10.1. The van der Waals surface area contributed by atoms with Crippen LogP contribution in [0.2, 0.25) is 5.02 Å². The predicted molar refractivity (Wildman–Crippen MR) is 164 cm³/mol. The van der Waals surface area contributed by atoms with E-state index in [2.05, 4.69) is 25.3 Å². The number of likely N-dealkylation sites (N-methyl/N-ethyl adjacent to an activating group) is 1. The monoisotopic (exact) mass is 612 g/mol. The van der Waals surface area contributed by atoms with Gasteiger partial charge in [0.2, 0.25) is 5.95 Å². The van der Waals surface area contributed by atoms with Crippen LogP contribution in [-0.2, 0) is 13.1 Å². The Morgan fingerprint density at radius 3 is 2.62 bits per heavy atom. The van der Waals surface area contributed by atoms with E-state index in [9.17, 15) is 5.11 Å². The lowest BCUT2D eigenvalue weighted by Gasteiger charge is -2.30. The summed E-state index contributed by atoms with van der Waals surface area (Å²) in [5, 5.41) is 17.7. The molecule has 0 amide bonds. The molecule has 0 bridgehead atoms. The van der Waals surface area contributed by atoms with E-state index < -0.39 is 6.10 Å². The fourth-order valence-corrected chi connectivity index (χ4v) is 5.41. The van der Waals surface area contributed by atoms with Crippen molar-refractivity contribution in [3.63, 3.8) is 0 Å². The van der Waals surface area contributed by atoms with Crippen molar-refractivity contribution >= 4 is 35.8 Å². The van der Waals surface area contributed by atoms with Crippen molar-refractivity contribution in [2.75, 3.05) is 43.1 Å². The molecular weight excluding hydrogens is 579 g/mol. The SMILES string of the molecule is CNC[C@@H](O)COc1ccc(Cl)c(-c2nc(-c3c(C)noc3C)c(C)c(N3Cc4cnc(N5CCC5)nc4C3)n2)c1.Cl. The van der Waals surface area contributed by atoms with Gasteiger partial charge in [-0.25, -0.2) is 19.9 Å². The highest BCUT2D eigenvalue weighted by Gasteiger charge is 2.29. The molecule has 2 N–H and O–H groups in total. The van der Waals surface area contributed by atoms with Crippen LogP contribution in [0.1, 0.15) is 34.7 Å². The smallest absolute Gasteiger partial charge is 0.225 e. The van der Waals surface area contributed by atoms with Crippen molar-refractivity contribution in [3.8, 4) is 28.4 Å². The first-order valence-electron chi connectivity index (χ1n) is 13.7. The Labute approximate surface area is 255 Å². The van der Waals surface area contributed by atoms with E-state index in [1.165, 1.54) is 6.42 Å². The highest BCUT2D eigenvalue weighted by Crippen LogP contribution is 2.39. The zero-order valence-corrected chi connectivity index (χ0v) is 25.6. The number of benzene rings is 1. The molecule has 0 spiro atoms. The number of rotatable bonds is 9. The lowest BCUT2D eigenvalue weighted by molar-refractivity contribution is 0.108. The number of hydrogen-bond acceptors (Lipinski definition) is 11. The summed E-state index contributed by atoms with van der Waals surface area (Å²) in [6, 6.07) is 5.34. The predicted octanol–water partition coefficient (Wildman–Crippen LogP) is 4.28. The van der Waals surface area contributed by atoms with Gasteiger partial charge in [0.25, 0.3) is 0 Å². The third kappa shape index (κ3) is 5.74. The van der Waals surface area contributed by atoms with Gasteiger partial charge >= 0.3 is 0 Å². The van der Waals surface area contributed by atoms with Gasteiger partial charge in [0.15, 0.2) is 5.82 Å². The van der Waals surface area contributed by atoms with Crippen LogP contribution in [0.15, 0.2) is 28.9 Å². The van der Waals surface area contributed by atoms with Crippen LogP contribution in [0.3, 0.4) is 0 Å². The summed E-state index contributed by atoms with van der Waals surface area (Å²) >= 11 is 6.71. The summed E-state index contributed by atoms with van der Waals surface area (Å²) in [6.07, 6.45) is 2.46. The first kappa shape index (κ1) is 30.0. The molecule has 2 aliphatic heterocycles. The maximum atomic E-state index is 10.1. The zero-order valence-electron chi connectivity index (χ0n) is 24.0. The number of fused-ring (bicyclic) bond motifs is 1. The van der Waals surface area contributed by atoms with Crippen molar-refractivity contribution in [3.05, 3.63) is 57.7 Å². The lowest BCUT2D eigenvalue weighted by Crippen LogP contribution is -2.38. The molecule has 4 aromatic rings. The first-order valence-corrected chi connectivity index (χ1v) is 14.1. The molecule has 42 heavy (non-hydrogen) atoms. The maximum Gasteiger partial charge on any atom is 0.225 e. The minimum absolute atomic E-state index is 0. The van der Waals surface area contributed by atoms with E-state index in [1.807, 2.05) is 33.0 Å². The van der Waals surface area contributed by atoms with Gasteiger partial charge < -0.3 is 29.5 Å². The summed E-state index contributed by atoms with van der Waals surface area (Å²) < 4.78 is 11.4. The Hall–Kier alpha value is -3.51. The molecule has 0 saturated carbocycles. The van der Waals surface area contributed by atoms with Crippen LogP contribution < -0.4 is 19.9 Å². The summed E-state index contributed by atoms with van der Waals surface area (Å²) in [4.78, 5) is 23.9. The van der Waals surface area contributed by atoms with Crippen LogP contribution in [0, 0.1) is 20.8 Å². The van der Waals surface area contributed by atoms with E-state index in [0.717, 1.165) is 58.6 Å². The number of aliphatic hydroxyl groups is 1. The van der Waals surface area contributed by atoms with Gasteiger partial charge in [0.05, 0.1) is 34.2 Å². The third-order valence-electron chi connectivity index (χ3n) is 7.53. The quantitative estimate of drug-likeness (QED) is 0.281. The number of aryl methyl sites for hydroxylation is 2. The molecular formula is C29H34Cl2N8O3. The summed E-state index contributed by atoms with van der Waals surface area (Å²) in [5.74, 6) is 3.26. The van der Waals surface area contributed by atoms with Gasteiger partial charge in [-0.1, -0.05) is 16.8 Å². The van der Waals surface area contributed by atoms with E-state index in [-0.39, 0.29) is 19.0 Å². The number of ether oxygens (including phenoxy) is 1. The Morgan fingerprint density at radius 2 is 1.93 bits per heavy atom. The van der Waals surface area contributed by atoms with E-state index in [4.69, 9.17) is 35.8 Å². The molecule has 6 rings (SSSR count). The van der Waals surface area contributed by atoms with Crippen molar-refractivity contribution in [1.82, 2.24) is 30.4 Å². The Balaban J connectivity index is 0.00000353. The number of nitrogens with one attached hydrogen (secondary N) is 1. The molecule has 5 heterocycles. The average Bonchev–Trinajstić information content (AvgIpc) is 3.49. The number of nitrogens with zero attached hydrogens (tertiary/aromatic N) is 7. The molecule has 2 aliphatic rings. The molecule has 0 aliphatic carbocycles. The van der Waals surface area contributed by atoms with Crippen molar-refractivity contribution in [1.29, 1.82) is 0 Å². The molecule has 1 atom stereocenters. The summed E-state index contributed by atoms with van der Waals surface area (Å²) in [5.41, 5.74) is 5.94. The largest absolute Gasteiger partial charge is 0.491 e. The van der Waals surface area contributed by atoms with Gasteiger partial charge in [-0.2, -0.15) is 0 Å². The molecule has 13 heteroatoms. The normalized spacial score (nSPS) is 14.8. The number of halogens is 2. The minimum Gasteiger partial charge on any atom is -0.491 e. The summed E-state index contributed by atoms with van der Waals surface area (Å²) in [7, 11) is 1.78. The molecule has 0 unspecified atom stereocenters. The molecule has 1 fully saturated rings. The number of anilines is 2. The van der Waals surface area contributed by atoms with Crippen LogP contribution >= 0.6 is 24.0 Å². The number of aromatic nitrogens is 5. The average molecular weight is 614 g/mol. The molecule has 3 aromatic heterocycles. The van der Waals surface area contributed by atoms with E-state index in [1.54, 1.807) is 19.2 Å². The lowest BCUT2D eigenvalue weighted by atomic mass is 10.0. The second-order valence-corrected chi connectivity index (χ2v) is 11.0. The molecule has 222 valence electrons. The number of hydrogen-bond donors (Lipinski definition) is 2. The van der Waals surface area contributed by atoms with Crippen LogP contribution in [0.4, 0.5) is 11.8 Å². The van der Waals surface area contributed by atoms with Crippen molar-refractivity contribution in [2.45, 2.75) is 46.4 Å². The molecule has 11 nitrogen and oxygen atoms in total. The minimum atomic E-state index is -0.644. The van der Waals surface area contributed by atoms with Gasteiger partial charge in [-0.15, -0.1) is 12.4 Å². The van der Waals surface area contributed by atoms with Crippen LogP contribution in [0.25, 0.3) is 22.6 Å². The molecule has 0 radical (unpaired) electrons. The highest BCUT2D eigenvalue weighted by molar-refractivity contribution is 6.33. The fourth-order valence-electron chi connectivity index (χ4n) is 5.21. The third-order valence-corrected chi connectivity index (χ3v) is 7.86. The zero-order chi connectivity index (χ0) is 28.7. The first-order chi connectivity index (χ1) is 19.8. The van der Waals surface area contributed by atoms with Crippen LogP contribution in [-0.4, -0.2) is 69.6 Å².